The fourth-order valence-corrected chi connectivity index (χ4v) is 2.26. The van der Waals surface area contributed by atoms with Crippen LogP contribution in [-0.2, 0) is 0 Å². The maximum absolute atomic E-state index is 5.65. The first-order valence-electron chi connectivity index (χ1n) is 7.98. The van der Waals surface area contributed by atoms with Crippen LogP contribution in [0.1, 0.15) is 25.5 Å². The predicted molar refractivity (Wildman–Crippen MR) is 95.8 cm³/mol. The third kappa shape index (κ3) is 4.16. The Morgan fingerprint density at radius 3 is 2.65 bits per heavy atom. The molecule has 0 saturated carbocycles. The van der Waals surface area contributed by atoms with Crippen molar-refractivity contribution >= 4 is 22.8 Å². The van der Waals surface area contributed by atoms with Gasteiger partial charge in [0.15, 0.2) is 0 Å². The summed E-state index contributed by atoms with van der Waals surface area (Å²) in [6.45, 7) is 2.92. The summed E-state index contributed by atoms with van der Waals surface area (Å²) in [5.41, 5.74) is 2.73. The second-order valence-corrected chi connectivity index (χ2v) is 5.38. The van der Waals surface area contributed by atoms with Gasteiger partial charge in [0, 0.05) is 5.39 Å². The van der Waals surface area contributed by atoms with Crippen molar-refractivity contribution < 1.29 is 4.74 Å². The van der Waals surface area contributed by atoms with Crippen LogP contribution < -0.4 is 4.74 Å². The Kier molecular flexibility index (Phi) is 4.99. The molecule has 0 radical (unpaired) electrons. The van der Waals surface area contributed by atoms with E-state index in [4.69, 9.17) is 4.74 Å². The topological polar surface area (TPSA) is 34.5 Å². The Bertz CT molecular complexity index is 794. The van der Waals surface area contributed by atoms with Crippen molar-refractivity contribution in [3.63, 3.8) is 0 Å². The smallest absolute Gasteiger partial charge is 0.119 e. The van der Waals surface area contributed by atoms with E-state index in [9.17, 15) is 0 Å². The fourth-order valence-electron chi connectivity index (χ4n) is 2.26. The summed E-state index contributed by atoms with van der Waals surface area (Å²) in [6, 6.07) is 19.9. The quantitative estimate of drug-likeness (QED) is 0.465. The summed E-state index contributed by atoms with van der Waals surface area (Å²) < 4.78 is 5.65. The van der Waals surface area contributed by atoms with Gasteiger partial charge in [-0.15, -0.1) is 0 Å². The van der Waals surface area contributed by atoms with Gasteiger partial charge < -0.3 is 4.74 Å². The van der Waals surface area contributed by atoms with E-state index < -0.39 is 0 Å². The molecule has 0 aliphatic carbocycles. The van der Waals surface area contributed by atoms with Crippen LogP contribution in [0.2, 0.25) is 0 Å². The average molecular weight is 304 g/mol. The van der Waals surface area contributed by atoms with Gasteiger partial charge in [0.2, 0.25) is 0 Å². The highest BCUT2D eigenvalue weighted by Crippen LogP contribution is 2.18. The van der Waals surface area contributed by atoms with E-state index >= 15 is 0 Å². The molecule has 0 aliphatic rings. The maximum Gasteiger partial charge on any atom is 0.119 e. The molecular formula is C20H20N2O. The van der Waals surface area contributed by atoms with Gasteiger partial charge in [0.25, 0.3) is 0 Å². The van der Waals surface area contributed by atoms with E-state index in [0.717, 1.165) is 47.5 Å². The number of unbranched alkanes of at least 4 members (excludes halogenated alkanes) is 1. The van der Waals surface area contributed by atoms with Crippen molar-refractivity contribution in [2.45, 2.75) is 19.8 Å². The maximum atomic E-state index is 5.65. The monoisotopic (exact) mass is 304 g/mol. The summed E-state index contributed by atoms with van der Waals surface area (Å²) in [6.07, 6.45) is 4.01. The molecule has 3 heteroatoms. The Morgan fingerprint density at radius 1 is 1.00 bits per heavy atom. The standard InChI is InChI=1S/C20H20N2O/c1-2-3-14-23-19-12-10-17(11-13-19)21-15-18-9-8-16-6-4-5-7-20(16)22-18/h4-13,15H,2-3,14H2,1H3. The number of rotatable bonds is 6. The van der Waals surface area contributed by atoms with Crippen LogP contribution in [0.15, 0.2) is 65.7 Å². The molecule has 0 unspecified atom stereocenters. The molecule has 0 spiro atoms. The lowest BCUT2D eigenvalue weighted by Gasteiger charge is -2.04. The molecule has 3 rings (SSSR count). The van der Waals surface area contributed by atoms with E-state index in [0.29, 0.717) is 0 Å². The minimum absolute atomic E-state index is 0.764. The Labute approximate surface area is 136 Å². The Hall–Kier alpha value is -2.68. The van der Waals surface area contributed by atoms with Gasteiger partial charge in [-0.05, 0) is 42.8 Å². The summed E-state index contributed by atoms with van der Waals surface area (Å²) in [5, 5.41) is 1.14. The van der Waals surface area contributed by atoms with Crippen LogP contribution >= 0.6 is 0 Å². The first-order chi connectivity index (χ1) is 11.3. The third-order valence-corrected chi connectivity index (χ3v) is 3.57. The van der Waals surface area contributed by atoms with Gasteiger partial charge in [-0.2, -0.15) is 0 Å². The number of hydrogen-bond donors (Lipinski definition) is 0. The number of hydrogen-bond acceptors (Lipinski definition) is 3. The van der Waals surface area contributed by atoms with Gasteiger partial charge in [-0.25, -0.2) is 4.98 Å². The molecule has 0 bridgehead atoms. The number of pyridine rings is 1. The van der Waals surface area contributed by atoms with Crippen molar-refractivity contribution in [3.8, 4) is 5.75 Å². The number of para-hydroxylation sites is 1. The van der Waals surface area contributed by atoms with Crippen LogP contribution in [0.3, 0.4) is 0 Å². The molecule has 0 fully saturated rings. The number of aliphatic imine (C=N–C) groups is 1. The second-order valence-electron chi connectivity index (χ2n) is 5.38. The van der Waals surface area contributed by atoms with E-state index in [2.05, 4.69) is 29.0 Å². The van der Waals surface area contributed by atoms with Crippen LogP contribution in [0.4, 0.5) is 5.69 Å². The zero-order valence-electron chi connectivity index (χ0n) is 13.3. The van der Waals surface area contributed by atoms with Crippen LogP contribution in [0.5, 0.6) is 5.75 Å². The Balaban J connectivity index is 1.68. The molecule has 0 atom stereocenters. The number of aromatic nitrogens is 1. The first-order valence-corrected chi connectivity index (χ1v) is 7.98. The molecule has 23 heavy (non-hydrogen) atoms. The molecule has 1 heterocycles. The molecule has 0 aliphatic heterocycles. The minimum atomic E-state index is 0.764. The molecule has 0 N–H and O–H groups in total. The van der Waals surface area contributed by atoms with E-state index in [-0.39, 0.29) is 0 Å². The zero-order chi connectivity index (χ0) is 15.9. The number of nitrogens with zero attached hydrogens (tertiary/aromatic N) is 2. The van der Waals surface area contributed by atoms with Crippen LogP contribution in [0, 0.1) is 0 Å². The fraction of sp³-hybridized carbons (Fsp3) is 0.200. The lowest BCUT2D eigenvalue weighted by Crippen LogP contribution is -1.95. The zero-order valence-corrected chi connectivity index (χ0v) is 13.3. The minimum Gasteiger partial charge on any atom is -0.494 e. The molecule has 0 saturated heterocycles. The van der Waals surface area contributed by atoms with Gasteiger partial charge in [0.05, 0.1) is 29.7 Å². The van der Waals surface area contributed by atoms with E-state index in [1.54, 1.807) is 6.21 Å². The summed E-state index contributed by atoms with van der Waals surface area (Å²) in [4.78, 5) is 9.06. The lowest BCUT2D eigenvalue weighted by molar-refractivity contribution is 0.309. The SMILES string of the molecule is CCCCOc1ccc(N=Cc2ccc3ccccc3n2)cc1. The molecule has 3 nitrogen and oxygen atoms in total. The van der Waals surface area contributed by atoms with Gasteiger partial charge in [-0.1, -0.05) is 37.6 Å². The van der Waals surface area contributed by atoms with Crippen molar-refractivity contribution in [3.05, 3.63) is 66.4 Å². The number of fused-ring (bicyclic) bond motifs is 1. The normalized spacial score (nSPS) is 11.2. The molecule has 3 aromatic rings. The van der Waals surface area contributed by atoms with Gasteiger partial charge in [-0.3, -0.25) is 4.99 Å². The highest BCUT2D eigenvalue weighted by atomic mass is 16.5. The lowest BCUT2D eigenvalue weighted by atomic mass is 10.2. The molecule has 116 valence electrons. The molecule has 2 aromatic carbocycles. The van der Waals surface area contributed by atoms with Gasteiger partial charge >= 0.3 is 0 Å². The average Bonchev–Trinajstić information content (AvgIpc) is 2.61. The largest absolute Gasteiger partial charge is 0.494 e. The molecular weight excluding hydrogens is 284 g/mol. The highest BCUT2D eigenvalue weighted by molar-refractivity contribution is 5.86. The molecule has 1 aromatic heterocycles. The third-order valence-electron chi connectivity index (χ3n) is 3.57. The summed E-state index contributed by atoms with van der Waals surface area (Å²) in [7, 11) is 0. The van der Waals surface area contributed by atoms with Crippen molar-refractivity contribution in [2.75, 3.05) is 6.61 Å². The predicted octanol–water partition coefficient (Wildman–Crippen LogP) is 5.16. The highest BCUT2D eigenvalue weighted by Gasteiger charge is 1.96. The first kappa shape index (κ1) is 15.2. The number of ether oxygens (including phenoxy) is 1. The van der Waals surface area contributed by atoms with Crippen LogP contribution in [-0.4, -0.2) is 17.8 Å². The van der Waals surface area contributed by atoms with Crippen LogP contribution in [0.25, 0.3) is 10.9 Å². The molecule has 0 amide bonds. The van der Waals surface area contributed by atoms with Gasteiger partial charge in [0.1, 0.15) is 5.75 Å². The second kappa shape index (κ2) is 7.54. The van der Waals surface area contributed by atoms with Crippen molar-refractivity contribution in [1.82, 2.24) is 4.98 Å². The summed E-state index contributed by atoms with van der Waals surface area (Å²) >= 11 is 0. The summed E-state index contributed by atoms with van der Waals surface area (Å²) in [5.74, 6) is 0.890. The number of benzene rings is 2. The Morgan fingerprint density at radius 2 is 1.83 bits per heavy atom. The van der Waals surface area contributed by atoms with E-state index in [1.807, 2.05) is 48.5 Å². The van der Waals surface area contributed by atoms with E-state index in [1.165, 1.54) is 0 Å². The van der Waals surface area contributed by atoms with Crippen molar-refractivity contribution in [2.24, 2.45) is 4.99 Å². The van der Waals surface area contributed by atoms with Crippen molar-refractivity contribution in [1.29, 1.82) is 0 Å².